The number of carbonyl (C=O) groups excluding carboxylic acids is 1. The van der Waals surface area contributed by atoms with Crippen molar-refractivity contribution >= 4 is 16.0 Å². The van der Waals surface area contributed by atoms with Gasteiger partial charge in [0.2, 0.25) is 5.09 Å². The van der Waals surface area contributed by atoms with Gasteiger partial charge in [-0.1, -0.05) is 0 Å². The summed E-state index contributed by atoms with van der Waals surface area (Å²) < 4.78 is 40.6. The number of nitrogens with zero attached hydrogens (tertiary/aromatic N) is 1. The lowest BCUT2D eigenvalue weighted by Gasteiger charge is -2.08. The van der Waals surface area contributed by atoms with E-state index in [0.29, 0.717) is 23.7 Å². The van der Waals surface area contributed by atoms with Gasteiger partial charge in [-0.05, 0) is 43.3 Å². The van der Waals surface area contributed by atoms with Crippen LogP contribution in [0.1, 0.15) is 23.0 Å². The second-order valence-electron chi connectivity index (χ2n) is 5.04. The molecule has 130 valence electrons. The maximum atomic E-state index is 11.9. The van der Waals surface area contributed by atoms with Gasteiger partial charge in [0.15, 0.2) is 0 Å². The number of furan rings is 1. The van der Waals surface area contributed by atoms with Gasteiger partial charge in [0.05, 0.1) is 12.2 Å². The van der Waals surface area contributed by atoms with Crippen molar-refractivity contribution < 1.29 is 27.1 Å². The molecule has 0 bridgehead atoms. The highest BCUT2D eigenvalue weighted by atomic mass is 32.2. The van der Waals surface area contributed by atoms with Crippen molar-refractivity contribution in [3.63, 3.8) is 0 Å². The van der Waals surface area contributed by atoms with E-state index >= 15 is 0 Å². The molecule has 0 aliphatic rings. The molecule has 0 saturated carbocycles. The highest BCUT2D eigenvalue weighted by molar-refractivity contribution is 7.88. The van der Waals surface area contributed by atoms with E-state index in [4.69, 9.17) is 13.9 Å². The summed E-state index contributed by atoms with van der Waals surface area (Å²) in [6.07, 6.45) is 0. The summed E-state index contributed by atoms with van der Waals surface area (Å²) in [5, 5.41) is -0.135. The Hall–Kier alpha value is -2.32. The van der Waals surface area contributed by atoms with E-state index in [9.17, 15) is 13.2 Å². The van der Waals surface area contributed by atoms with Gasteiger partial charge >= 0.3 is 5.97 Å². The van der Waals surface area contributed by atoms with Gasteiger partial charge in [0.25, 0.3) is 10.0 Å². The molecular weight excluding hydrogens is 334 g/mol. The Labute approximate surface area is 140 Å². The van der Waals surface area contributed by atoms with Crippen molar-refractivity contribution in [2.45, 2.75) is 18.6 Å². The minimum atomic E-state index is -3.60. The summed E-state index contributed by atoms with van der Waals surface area (Å²) in [5.74, 6) is 0.509. The monoisotopic (exact) mass is 353 g/mol. The predicted molar refractivity (Wildman–Crippen MR) is 86.3 cm³/mol. The number of esters is 1. The van der Waals surface area contributed by atoms with E-state index in [-0.39, 0.29) is 11.7 Å². The van der Waals surface area contributed by atoms with E-state index in [2.05, 4.69) is 0 Å². The Bertz CT molecular complexity index is 792. The van der Waals surface area contributed by atoms with Crippen LogP contribution in [0.3, 0.4) is 0 Å². The van der Waals surface area contributed by atoms with Crippen molar-refractivity contribution in [2.75, 3.05) is 20.7 Å². The lowest BCUT2D eigenvalue weighted by molar-refractivity contribution is 0.0526. The Morgan fingerprint density at radius 2 is 1.79 bits per heavy atom. The van der Waals surface area contributed by atoms with E-state index in [1.165, 1.54) is 20.2 Å². The third-order valence-electron chi connectivity index (χ3n) is 3.12. The van der Waals surface area contributed by atoms with E-state index < -0.39 is 16.0 Å². The first-order valence-corrected chi connectivity index (χ1v) is 8.70. The zero-order valence-electron chi connectivity index (χ0n) is 13.7. The molecule has 0 radical (unpaired) electrons. The van der Waals surface area contributed by atoms with Crippen LogP contribution in [0.2, 0.25) is 0 Å². The topological polar surface area (TPSA) is 86.0 Å². The number of carbonyl (C=O) groups is 1. The molecule has 24 heavy (non-hydrogen) atoms. The fraction of sp³-hybridized carbons (Fsp3) is 0.312. The van der Waals surface area contributed by atoms with Crippen molar-refractivity contribution in [3.05, 3.63) is 47.7 Å². The molecule has 0 amide bonds. The van der Waals surface area contributed by atoms with Gasteiger partial charge in [-0.25, -0.2) is 17.5 Å². The van der Waals surface area contributed by atoms with Crippen molar-refractivity contribution in [3.8, 4) is 5.75 Å². The fourth-order valence-electron chi connectivity index (χ4n) is 1.81. The zero-order chi connectivity index (χ0) is 17.7. The standard InChI is InChI=1S/C16H19NO6S/c1-4-21-16(18)12-5-7-13(8-6-12)22-11-14-9-10-15(23-14)24(19,20)17(2)3/h5-10H,4,11H2,1-3H3. The molecule has 2 aromatic rings. The summed E-state index contributed by atoms with van der Waals surface area (Å²) >= 11 is 0. The maximum Gasteiger partial charge on any atom is 0.338 e. The molecule has 0 N–H and O–H groups in total. The van der Waals surface area contributed by atoms with Crippen molar-refractivity contribution in [2.24, 2.45) is 0 Å². The van der Waals surface area contributed by atoms with Crippen LogP contribution in [-0.2, 0) is 21.4 Å². The summed E-state index contributed by atoms with van der Waals surface area (Å²) in [6, 6.07) is 9.38. The summed E-state index contributed by atoms with van der Waals surface area (Å²) in [5.41, 5.74) is 0.432. The Morgan fingerprint density at radius 1 is 1.12 bits per heavy atom. The van der Waals surface area contributed by atoms with E-state index in [1.54, 1.807) is 37.3 Å². The first-order valence-electron chi connectivity index (χ1n) is 7.26. The molecular formula is C16H19NO6S. The quantitative estimate of drug-likeness (QED) is 0.710. The molecule has 0 spiro atoms. The molecule has 1 aromatic heterocycles. The van der Waals surface area contributed by atoms with Crippen LogP contribution in [0.5, 0.6) is 5.75 Å². The van der Waals surface area contributed by atoms with E-state index in [0.717, 1.165) is 4.31 Å². The van der Waals surface area contributed by atoms with Crippen molar-refractivity contribution in [1.29, 1.82) is 0 Å². The van der Waals surface area contributed by atoms with Gasteiger partial charge in [-0.3, -0.25) is 0 Å². The first-order chi connectivity index (χ1) is 11.3. The lowest BCUT2D eigenvalue weighted by Crippen LogP contribution is -2.21. The third kappa shape index (κ3) is 4.15. The fourth-order valence-corrected chi connectivity index (χ4v) is 2.62. The normalized spacial score (nSPS) is 11.5. The van der Waals surface area contributed by atoms with Crippen LogP contribution < -0.4 is 4.74 Å². The molecule has 2 rings (SSSR count). The number of sulfonamides is 1. The molecule has 0 aliphatic heterocycles. The minimum absolute atomic E-state index is 0.0711. The maximum absolute atomic E-state index is 11.9. The largest absolute Gasteiger partial charge is 0.486 e. The second kappa shape index (κ2) is 7.50. The van der Waals surface area contributed by atoms with Crippen molar-refractivity contribution in [1.82, 2.24) is 4.31 Å². The molecule has 0 saturated heterocycles. The van der Waals surface area contributed by atoms with Gasteiger partial charge in [-0.15, -0.1) is 0 Å². The smallest absolute Gasteiger partial charge is 0.338 e. The molecule has 7 nitrogen and oxygen atoms in total. The van der Waals surface area contributed by atoms with E-state index in [1.807, 2.05) is 0 Å². The van der Waals surface area contributed by atoms with Gasteiger partial charge in [0, 0.05) is 14.1 Å². The molecule has 1 aromatic carbocycles. The van der Waals surface area contributed by atoms with Crippen LogP contribution in [-0.4, -0.2) is 39.4 Å². The van der Waals surface area contributed by atoms with Crippen LogP contribution in [0.25, 0.3) is 0 Å². The number of ether oxygens (including phenoxy) is 2. The van der Waals surface area contributed by atoms with Crippen LogP contribution >= 0.6 is 0 Å². The second-order valence-corrected chi connectivity index (χ2v) is 7.12. The summed E-state index contributed by atoms with van der Waals surface area (Å²) in [7, 11) is -0.741. The molecule has 1 heterocycles. The average Bonchev–Trinajstić information content (AvgIpc) is 3.03. The Kier molecular flexibility index (Phi) is 5.63. The predicted octanol–water partition coefficient (Wildman–Crippen LogP) is 2.29. The van der Waals surface area contributed by atoms with Crippen LogP contribution in [0.4, 0.5) is 0 Å². The number of benzene rings is 1. The highest BCUT2D eigenvalue weighted by Crippen LogP contribution is 2.19. The summed E-state index contributed by atoms with van der Waals surface area (Å²) in [4.78, 5) is 11.5. The minimum Gasteiger partial charge on any atom is -0.486 e. The zero-order valence-corrected chi connectivity index (χ0v) is 14.5. The van der Waals surface area contributed by atoms with Gasteiger partial charge in [-0.2, -0.15) is 0 Å². The van der Waals surface area contributed by atoms with Gasteiger partial charge in [0.1, 0.15) is 18.1 Å². The molecule has 8 heteroatoms. The molecule has 0 unspecified atom stereocenters. The number of rotatable bonds is 7. The average molecular weight is 353 g/mol. The molecule has 0 fully saturated rings. The Morgan fingerprint density at radius 3 is 2.38 bits per heavy atom. The van der Waals surface area contributed by atoms with Gasteiger partial charge < -0.3 is 13.9 Å². The Balaban J connectivity index is 1.99. The lowest BCUT2D eigenvalue weighted by atomic mass is 10.2. The summed E-state index contributed by atoms with van der Waals surface area (Å²) in [6.45, 7) is 2.12. The SMILES string of the molecule is CCOC(=O)c1ccc(OCc2ccc(S(=O)(=O)N(C)C)o2)cc1. The van der Waals surface area contributed by atoms with Crippen LogP contribution in [0.15, 0.2) is 45.9 Å². The number of hydrogen-bond acceptors (Lipinski definition) is 6. The third-order valence-corrected chi connectivity index (χ3v) is 4.81. The number of hydrogen-bond donors (Lipinski definition) is 0. The molecule has 0 aliphatic carbocycles. The first kappa shape index (κ1) is 18.0. The molecule has 0 atom stereocenters. The highest BCUT2D eigenvalue weighted by Gasteiger charge is 2.21. The van der Waals surface area contributed by atoms with Crippen LogP contribution in [0, 0.1) is 0 Å².